The number of aryl methyl sites for hydroxylation is 1. The molecule has 1 aliphatic carbocycles. The molecule has 0 saturated heterocycles. The predicted octanol–water partition coefficient (Wildman–Crippen LogP) is 1.52. The fraction of sp³-hybridized carbons (Fsp3) is 0.417. The molecular formula is C12H15NO2. The summed E-state index contributed by atoms with van der Waals surface area (Å²) in [4.78, 5) is 10.8. The molecule has 15 heavy (non-hydrogen) atoms. The third-order valence-corrected chi connectivity index (χ3v) is 3.11. The zero-order chi connectivity index (χ0) is 10.8. The average Bonchev–Trinajstić information content (AvgIpc) is 2.22. The van der Waals surface area contributed by atoms with Crippen LogP contribution in [0.1, 0.15) is 29.9 Å². The fourth-order valence-corrected chi connectivity index (χ4v) is 2.33. The van der Waals surface area contributed by atoms with Crippen molar-refractivity contribution < 1.29 is 9.90 Å². The molecule has 1 aromatic carbocycles. The lowest BCUT2D eigenvalue weighted by molar-refractivity contribution is -0.137. The molecular weight excluding hydrogens is 190 g/mol. The van der Waals surface area contributed by atoms with E-state index in [-0.39, 0.29) is 18.4 Å². The van der Waals surface area contributed by atoms with Crippen molar-refractivity contribution in [1.29, 1.82) is 0 Å². The standard InChI is InChI=1S/C12H15NO2/c13-11-6-5-8-3-1-2-4-9(8)10(11)7-12(14)15/h1-4,10-11H,5-7,13H2,(H,14,15). The van der Waals surface area contributed by atoms with Gasteiger partial charge in [-0.1, -0.05) is 24.3 Å². The SMILES string of the molecule is NC1CCc2ccccc2C1CC(=O)O. The topological polar surface area (TPSA) is 63.3 Å². The molecule has 2 rings (SSSR count). The van der Waals surface area contributed by atoms with Crippen LogP contribution in [0.3, 0.4) is 0 Å². The molecule has 3 nitrogen and oxygen atoms in total. The predicted molar refractivity (Wildman–Crippen MR) is 57.7 cm³/mol. The van der Waals surface area contributed by atoms with Crippen molar-refractivity contribution >= 4 is 5.97 Å². The number of aliphatic carboxylic acids is 1. The van der Waals surface area contributed by atoms with Gasteiger partial charge in [0.05, 0.1) is 6.42 Å². The molecule has 0 radical (unpaired) electrons. The first-order valence-electron chi connectivity index (χ1n) is 5.23. The van der Waals surface area contributed by atoms with Gasteiger partial charge in [0, 0.05) is 12.0 Å². The molecule has 2 atom stereocenters. The van der Waals surface area contributed by atoms with E-state index in [1.54, 1.807) is 0 Å². The molecule has 1 aromatic rings. The molecule has 3 heteroatoms. The van der Waals surface area contributed by atoms with Crippen LogP contribution in [0.25, 0.3) is 0 Å². The first-order valence-corrected chi connectivity index (χ1v) is 5.23. The van der Waals surface area contributed by atoms with E-state index in [9.17, 15) is 4.79 Å². The van der Waals surface area contributed by atoms with E-state index in [0.29, 0.717) is 0 Å². The Hall–Kier alpha value is -1.35. The van der Waals surface area contributed by atoms with Gasteiger partial charge in [0.1, 0.15) is 0 Å². The molecule has 0 bridgehead atoms. The van der Waals surface area contributed by atoms with Gasteiger partial charge in [0.15, 0.2) is 0 Å². The molecule has 2 unspecified atom stereocenters. The third-order valence-electron chi connectivity index (χ3n) is 3.11. The molecule has 0 fully saturated rings. The first kappa shape index (κ1) is 10.2. The van der Waals surface area contributed by atoms with Gasteiger partial charge in [0.2, 0.25) is 0 Å². The zero-order valence-corrected chi connectivity index (χ0v) is 8.52. The van der Waals surface area contributed by atoms with E-state index in [1.165, 1.54) is 5.56 Å². The number of carboxylic acid groups (broad SMARTS) is 1. The van der Waals surface area contributed by atoms with Crippen LogP contribution in [-0.2, 0) is 11.2 Å². The van der Waals surface area contributed by atoms with E-state index in [4.69, 9.17) is 10.8 Å². The normalized spacial score (nSPS) is 24.6. The monoisotopic (exact) mass is 205 g/mol. The summed E-state index contributed by atoms with van der Waals surface area (Å²) in [5.41, 5.74) is 8.36. The number of hydrogen-bond acceptors (Lipinski definition) is 2. The van der Waals surface area contributed by atoms with Gasteiger partial charge in [-0.25, -0.2) is 0 Å². The van der Waals surface area contributed by atoms with E-state index in [1.807, 2.05) is 18.2 Å². The molecule has 0 amide bonds. The molecule has 3 N–H and O–H groups in total. The highest BCUT2D eigenvalue weighted by Gasteiger charge is 2.28. The summed E-state index contributed by atoms with van der Waals surface area (Å²) in [5, 5.41) is 8.85. The van der Waals surface area contributed by atoms with Crippen LogP contribution in [0.4, 0.5) is 0 Å². The number of nitrogens with two attached hydrogens (primary N) is 1. The van der Waals surface area contributed by atoms with Gasteiger partial charge in [-0.05, 0) is 24.0 Å². The summed E-state index contributed by atoms with van der Waals surface area (Å²) in [6, 6.07) is 7.99. The van der Waals surface area contributed by atoms with Crippen LogP contribution >= 0.6 is 0 Å². The minimum absolute atomic E-state index is 0.0176. The van der Waals surface area contributed by atoms with Crippen LogP contribution in [0.5, 0.6) is 0 Å². The number of benzene rings is 1. The highest BCUT2D eigenvalue weighted by atomic mass is 16.4. The van der Waals surface area contributed by atoms with Crippen LogP contribution < -0.4 is 5.73 Å². The Labute approximate surface area is 88.9 Å². The Balaban J connectivity index is 2.32. The lowest BCUT2D eigenvalue weighted by Gasteiger charge is -2.30. The molecule has 0 saturated carbocycles. The molecule has 0 heterocycles. The van der Waals surface area contributed by atoms with Crippen molar-refractivity contribution in [3.63, 3.8) is 0 Å². The van der Waals surface area contributed by atoms with E-state index in [0.717, 1.165) is 18.4 Å². The maximum atomic E-state index is 10.8. The fourth-order valence-electron chi connectivity index (χ4n) is 2.33. The van der Waals surface area contributed by atoms with Crippen molar-refractivity contribution in [3.8, 4) is 0 Å². The van der Waals surface area contributed by atoms with E-state index < -0.39 is 5.97 Å². The van der Waals surface area contributed by atoms with Gasteiger partial charge < -0.3 is 10.8 Å². The number of carboxylic acids is 1. The minimum Gasteiger partial charge on any atom is -0.481 e. The van der Waals surface area contributed by atoms with Gasteiger partial charge >= 0.3 is 5.97 Å². The van der Waals surface area contributed by atoms with Gasteiger partial charge in [-0.15, -0.1) is 0 Å². The average molecular weight is 205 g/mol. The zero-order valence-electron chi connectivity index (χ0n) is 8.52. The maximum absolute atomic E-state index is 10.8. The largest absolute Gasteiger partial charge is 0.481 e. The van der Waals surface area contributed by atoms with Crippen LogP contribution in [0, 0.1) is 0 Å². The van der Waals surface area contributed by atoms with E-state index >= 15 is 0 Å². The summed E-state index contributed by atoms with van der Waals surface area (Å²) in [6.07, 6.45) is 1.99. The summed E-state index contributed by atoms with van der Waals surface area (Å²) >= 11 is 0. The number of hydrogen-bond donors (Lipinski definition) is 2. The third kappa shape index (κ3) is 2.02. The molecule has 1 aliphatic rings. The summed E-state index contributed by atoms with van der Waals surface area (Å²) < 4.78 is 0. The molecule has 0 spiro atoms. The summed E-state index contributed by atoms with van der Waals surface area (Å²) in [6.45, 7) is 0. The van der Waals surface area contributed by atoms with Crippen LogP contribution in [0.2, 0.25) is 0 Å². The summed E-state index contributed by atoms with van der Waals surface area (Å²) in [7, 11) is 0. The van der Waals surface area contributed by atoms with Crippen LogP contribution in [0.15, 0.2) is 24.3 Å². The first-order chi connectivity index (χ1) is 7.18. The smallest absolute Gasteiger partial charge is 0.304 e. The molecule has 0 aliphatic heterocycles. The Morgan fingerprint density at radius 3 is 2.93 bits per heavy atom. The van der Waals surface area contributed by atoms with Crippen LogP contribution in [-0.4, -0.2) is 17.1 Å². The second kappa shape index (κ2) is 4.03. The Bertz CT molecular complexity index is 376. The van der Waals surface area contributed by atoms with Crippen molar-refractivity contribution in [2.24, 2.45) is 5.73 Å². The number of rotatable bonds is 2. The highest BCUT2D eigenvalue weighted by molar-refractivity contribution is 5.68. The summed E-state index contributed by atoms with van der Waals surface area (Å²) in [5.74, 6) is -0.792. The number of fused-ring (bicyclic) bond motifs is 1. The molecule has 0 aromatic heterocycles. The highest BCUT2D eigenvalue weighted by Crippen LogP contribution is 2.32. The number of carbonyl (C=O) groups is 1. The van der Waals surface area contributed by atoms with Gasteiger partial charge in [0.25, 0.3) is 0 Å². The quantitative estimate of drug-likeness (QED) is 0.769. The van der Waals surface area contributed by atoms with Crippen molar-refractivity contribution in [2.45, 2.75) is 31.2 Å². The maximum Gasteiger partial charge on any atom is 0.304 e. The Morgan fingerprint density at radius 2 is 2.20 bits per heavy atom. The van der Waals surface area contributed by atoms with Gasteiger partial charge in [-0.2, -0.15) is 0 Å². The lowest BCUT2D eigenvalue weighted by atomic mass is 9.78. The Morgan fingerprint density at radius 1 is 1.47 bits per heavy atom. The van der Waals surface area contributed by atoms with Crippen molar-refractivity contribution in [3.05, 3.63) is 35.4 Å². The Kier molecular flexibility index (Phi) is 2.73. The van der Waals surface area contributed by atoms with Crippen molar-refractivity contribution in [2.75, 3.05) is 0 Å². The molecule has 80 valence electrons. The second-order valence-electron chi connectivity index (χ2n) is 4.11. The van der Waals surface area contributed by atoms with Crippen molar-refractivity contribution in [1.82, 2.24) is 0 Å². The second-order valence-corrected chi connectivity index (χ2v) is 4.11. The van der Waals surface area contributed by atoms with Gasteiger partial charge in [-0.3, -0.25) is 4.79 Å². The minimum atomic E-state index is -0.771. The lowest BCUT2D eigenvalue weighted by Crippen LogP contribution is -2.34. The van der Waals surface area contributed by atoms with E-state index in [2.05, 4.69) is 6.07 Å².